The van der Waals surface area contributed by atoms with Gasteiger partial charge in [-0.25, -0.2) is 4.98 Å². The minimum Gasteiger partial charge on any atom is -0.375 e. The van der Waals surface area contributed by atoms with Gasteiger partial charge in [0.1, 0.15) is 0 Å². The lowest BCUT2D eigenvalue weighted by atomic mass is 10.2. The van der Waals surface area contributed by atoms with E-state index in [1.54, 1.807) is 11.3 Å². The summed E-state index contributed by atoms with van der Waals surface area (Å²) in [6.45, 7) is 3.05. The van der Waals surface area contributed by atoms with Crippen LogP contribution in [0.4, 0.5) is 5.13 Å². The number of hydrogen-bond donors (Lipinski definition) is 2. The van der Waals surface area contributed by atoms with Gasteiger partial charge in [0.2, 0.25) is 0 Å². The molecule has 2 heterocycles. The van der Waals surface area contributed by atoms with Crippen molar-refractivity contribution >= 4 is 27.8 Å². The Kier molecular flexibility index (Phi) is 3.93. The molecule has 2 aromatic rings. The molecule has 2 aromatic heterocycles. The van der Waals surface area contributed by atoms with Crippen molar-refractivity contribution in [2.45, 2.75) is 25.9 Å². The zero-order chi connectivity index (χ0) is 11.4. The van der Waals surface area contributed by atoms with Crippen LogP contribution in [0.3, 0.4) is 0 Å². The van der Waals surface area contributed by atoms with Crippen LogP contribution in [-0.2, 0) is 13.0 Å². The molecule has 16 heavy (non-hydrogen) atoms. The third-order valence-corrected chi connectivity index (χ3v) is 4.01. The molecular weight excluding hydrogens is 238 g/mol. The first-order valence-corrected chi connectivity index (χ1v) is 6.89. The van der Waals surface area contributed by atoms with Crippen molar-refractivity contribution in [3.63, 3.8) is 0 Å². The molecule has 5 heteroatoms. The summed E-state index contributed by atoms with van der Waals surface area (Å²) in [4.78, 5) is 6.64. The van der Waals surface area contributed by atoms with Crippen LogP contribution in [0.5, 0.6) is 0 Å². The fourth-order valence-corrected chi connectivity index (χ4v) is 2.95. The van der Waals surface area contributed by atoms with Gasteiger partial charge in [0.25, 0.3) is 0 Å². The van der Waals surface area contributed by atoms with Gasteiger partial charge < -0.3 is 11.1 Å². The topological polar surface area (TPSA) is 50.9 Å². The van der Waals surface area contributed by atoms with E-state index >= 15 is 0 Å². The smallest absolute Gasteiger partial charge is 0.180 e. The second kappa shape index (κ2) is 5.43. The summed E-state index contributed by atoms with van der Waals surface area (Å²) in [6, 6.07) is 4.74. The molecule has 0 saturated heterocycles. The molecule has 0 aromatic carbocycles. The van der Waals surface area contributed by atoms with Gasteiger partial charge in [0.05, 0.1) is 0 Å². The van der Waals surface area contributed by atoms with Crippen LogP contribution in [0.2, 0.25) is 0 Å². The van der Waals surface area contributed by atoms with Gasteiger partial charge in [-0.05, 0) is 24.8 Å². The fourth-order valence-electron chi connectivity index (χ4n) is 1.48. The largest absolute Gasteiger partial charge is 0.375 e. The molecule has 1 unspecified atom stereocenters. The van der Waals surface area contributed by atoms with E-state index in [-0.39, 0.29) is 0 Å². The third kappa shape index (κ3) is 3.30. The molecule has 1 atom stereocenters. The lowest BCUT2D eigenvalue weighted by molar-refractivity contribution is 0.552. The van der Waals surface area contributed by atoms with Gasteiger partial charge in [0, 0.05) is 28.5 Å². The highest BCUT2D eigenvalue weighted by atomic mass is 32.1. The molecule has 0 aliphatic heterocycles. The molecule has 3 nitrogen and oxygen atoms in total. The average Bonchev–Trinajstić information content (AvgIpc) is 2.87. The number of rotatable bonds is 5. The quantitative estimate of drug-likeness (QED) is 0.861. The van der Waals surface area contributed by atoms with Crippen molar-refractivity contribution in [1.29, 1.82) is 0 Å². The third-order valence-electron chi connectivity index (χ3n) is 2.28. The summed E-state index contributed by atoms with van der Waals surface area (Å²) < 4.78 is 0. The van der Waals surface area contributed by atoms with Gasteiger partial charge in [-0.2, -0.15) is 0 Å². The maximum atomic E-state index is 5.58. The number of anilines is 1. The van der Waals surface area contributed by atoms with Crippen molar-refractivity contribution in [2.24, 2.45) is 0 Å². The van der Waals surface area contributed by atoms with E-state index in [9.17, 15) is 0 Å². The lowest BCUT2D eigenvalue weighted by Gasteiger charge is -2.11. The van der Waals surface area contributed by atoms with Crippen molar-refractivity contribution in [2.75, 3.05) is 5.73 Å². The van der Waals surface area contributed by atoms with Crippen LogP contribution in [0, 0.1) is 0 Å². The van der Waals surface area contributed by atoms with Gasteiger partial charge in [-0.1, -0.05) is 6.07 Å². The number of nitrogens with zero attached hydrogens (tertiary/aromatic N) is 1. The predicted octanol–water partition coefficient (Wildman–Crippen LogP) is 2.51. The summed E-state index contributed by atoms with van der Waals surface area (Å²) >= 11 is 3.35. The fraction of sp³-hybridized carbons (Fsp3) is 0.364. The predicted molar refractivity (Wildman–Crippen MR) is 70.9 cm³/mol. The SMILES string of the molecule is CC(Cc1cccs1)NCc1cnc(N)s1. The van der Waals surface area contributed by atoms with E-state index in [1.165, 1.54) is 9.75 Å². The minimum atomic E-state index is 0.474. The van der Waals surface area contributed by atoms with E-state index < -0.39 is 0 Å². The van der Waals surface area contributed by atoms with Gasteiger partial charge >= 0.3 is 0 Å². The Balaban J connectivity index is 1.77. The summed E-state index contributed by atoms with van der Waals surface area (Å²) in [7, 11) is 0. The number of nitrogens with two attached hydrogens (primary N) is 1. The number of thiazole rings is 1. The molecule has 0 spiro atoms. The zero-order valence-electron chi connectivity index (χ0n) is 9.14. The Morgan fingerprint density at radius 3 is 3.00 bits per heavy atom. The normalized spacial score (nSPS) is 12.8. The molecule has 0 aliphatic carbocycles. The second-order valence-electron chi connectivity index (χ2n) is 3.73. The van der Waals surface area contributed by atoms with Gasteiger partial charge in [-0.3, -0.25) is 0 Å². The van der Waals surface area contributed by atoms with E-state index in [4.69, 9.17) is 5.73 Å². The highest BCUT2D eigenvalue weighted by molar-refractivity contribution is 7.15. The zero-order valence-corrected chi connectivity index (χ0v) is 10.8. The minimum absolute atomic E-state index is 0.474. The molecule has 2 rings (SSSR count). The summed E-state index contributed by atoms with van der Waals surface area (Å²) in [5, 5.41) is 6.23. The van der Waals surface area contributed by atoms with Crippen LogP contribution >= 0.6 is 22.7 Å². The summed E-state index contributed by atoms with van der Waals surface area (Å²) in [5.41, 5.74) is 5.58. The monoisotopic (exact) mass is 253 g/mol. The summed E-state index contributed by atoms with van der Waals surface area (Å²) in [5.74, 6) is 0. The van der Waals surface area contributed by atoms with E-state index in [1.807, 2.05) is 17.5 Å². The molecule has 0 radical (unpaired) electrons. The molecule has 0 fully saturated rings. The Labute approximate surface area is 103 Å². The number of aromatic nitrogens is 1. The van der Waals surface area contributed by atoms with Crippen molar-refractivity contribution in [3.8, 4) is 0 Å². The standard InChI is InChI=1S/C11H15N3S2/c1-8(5-9-3-2-4-15-9)13-6-10-7-14-11(12)16-10/h2-4,7-8,13H,5-6H2,1H3,(H2,12,14). The number of hydrogen-bond acceptors (Lipinski definition) is 5. The number of nitrogens with one attached hydrogen (secondary N) is 1. The molecule has 0 bridgehead atoms. The van der Waals surface area contributed by atoms with E-state index in [0.29, 0.717) is 11.2 Å². The van der Waals surface area contributed by atoms with Crippen LogP contribution in [-0.4, -0.2) is 11.0 Å². The first-order chi connectivity index (χ1) is 7.74. The van der Waals surface area contributed by atoms with E-state index in [0.717, 1.165) is 13.0 Å². The van der Waals surface area contributed by atoms with Crippen LogP contribution in [0.15, 0.2) is 23.7 Å². The highest BCUT2D eigenvalue weighted by Gasteiger charge is 2.05. The molecule has 86 valence electrons. The molecule has 0 amide bonds. The lowest BCUT2D eigenvalue weighted by Crippen LogP contribution is -2.26. The Hall–Kier alpha value is -0.910. The Bertz CT molecular complexity index is 422. The van der Waals surface area contributed by atoms with E-state index in [2.05, 4.69) is 34.7 Å². The number of thiophene rings is 1. The van der Waals surface area contributed by atoms with Crippen LogP contribution in [0.1, 0.15) is 16.7 Å². The van der Waals surface area contributed by atoms with Crippen molar-refractivity contribution < 1.29 is 0 Å². The summed E-state index contributed by atoms with van der Waals surface area (Å²) in [6.07, 6.45) is 2.91. The van der Waals surface area contributed by atoms with Gasteiger partial charge in [0.15, 0.2) is 5.13 Å². The van der Waals surface area contributed by atoms with Crippen LogP contribution < -0.4 is 11.1 Å². The first kappa shape index (κ1) is 11.6. The molecule has 0 aliphatic rings. The van der Waals surface area contributed by atoms with Crippen molar-refractivity contribution in [1.82, 2.24) is 10.3 Å². The Morgan fingerprint density at radius 2 is 2.38 bits per heavy atom. The van der Waals surface area contributed by atoms with Crippen molar-refractivity contribution in [3.05, 3.63) is 33.5 Å². The number of nitrogen functional groups attached to an aromatic ring is 1. The maximum Gasteiger partial charge on any atom is 0.180 e. The first-order valence-electron chi connectivity index (χ1n) is 5.20. The van der Waals surface area contributed by atoms with Crippen LogP contribution in [0.25, 0.3) is 0 Å². The second-order valence-corrected chi connectivity index (χ2v) is 5.91. The molecule has 0 saturated carbocycles. The molecule has 3 N–H and O–H groups in total. The average molecular weight is 253 g/mol. The Morgan fingerprint density at radius 1 is 1.50 bits per heavy atom. The molecular formula is C11H15N3S2. The maximum absolute atomic E-state index is 5.58. The highest BCUT2D eigenvalue weighted by Crippen LogP contribution is 2.15. The van der Waals surface area contributed by atoms with Gasteiger partial charge in [-0.15, -0.1) is 22.7 Å².